The minimum Gasteiger partial charge on any atom is -0.367 e. The van der Waals surface area contributed by atoms with E-state index in [0.29, 0.717) is 10.7 Å². The fraction of sp³-hybridized carbons (Fsp3) is 0.130. The largest absolute Gasteiger partial charge is 0.367 e. The molecule has 0 aliphatic rings. The van der Waals surface area contributed by atoms with Gasteiger partial charge in [0.2, 0.25) is 5.91 Å². The number of anilines is 1. The summed E-state index contributed by atoms with van der Waals surface area (Å²) in [5.74, 6) is -0.644. The number of nitrogens with one attached hydrogen (secondary N) is 4. The van der Waals surface area contributed by atoms with Crippen LogP contribution >= 0.6 is 11.3 Å². The van der Waals surface area contributed by atoms with Crippen LogP contribution in [0.15, 0.2) is 72.6 Å². The van der Waals surface area contributed by atoms with Crippen LogP contribution < -0.4 is 16.0 Å². The van der Waals surface area contributed by atoms with Gasteiger partial charge in [-0.15, -0.1) is 11.3 Å². The Morgan fingerprint density at radius 1 is 1.03 bits per heavy atom. The summed E-state index contributed by atoms with van der Waals surface area (Å²) < 4.78 is 0. The number of rotatable bonds is 6. The van der Waals surface area contributed by atoms with Crippen molar-refractivity contribution < 1.29 is 9.59 Å². The first-order valence-corrected chi connectivity index (χ1v) is 10.7. The highest BCUT2D eigenvalue weighted by Crippen LogP contribution is 2.28. The minimum atomic E-state index is -0.333. The SMILES string of the molecule is CNC.O=C(CNC(=O)c1cc[nH]c1)Nc1nc(-c2cccc(-c3ccncc3)c2)cs1. The maximum atomic E-state index is 12.1. The molecular formula is C23H24N6O2S. The molecule has 8 nitrogen and oxygen atoms in total. The van der Waals surface area contributed by atoms with Crippen LogP contribution in [-0.2, 0) is 4.79 Å². The van der Waals surface area contributed by atoms with E-state index in [9.17, 15) is 9.59 Å². The molecule has 4 aromatic rings. The molecule has 0 spiro atoms. The molecule has 3 heterocycles. The number of nitrogens with zero attached hydrogens (tertiary/aromatic N) is 2. The summed E-state index contributed by atoms with van der Waals surface area (Å²) >= 11 is 1.34. The van der Waals surface area contributed by atoms with Crippen molar-refractivity contribution >= 4 is 28.3 Å². The zero-order valence-electron chi connectivity index (χ0n) is 17.8. The quantitative estimate of drug-likeness (QED) is 0.361. The van der Waals surface area contributed by atoms with Crippen LogP contribution in [0.2, 0.25) is 0 Å². The number of amides is 2. The van der Waals surface area contributed by atoms with E-state index in [1.54, 1.807) is 30.9 Å². The second kappa shape index (κ2) is 11.5. The van der Waals surface area contributed by atoms with E-state index in [1.165, 1.54) is 11.3 Å². The highest BCUT2D eigenvalue weighted by atomic mass is 32.1. The van der Waals surface area contributed by atoms with Gasteiger partial charge in [-0.3, -0.25) is 14.6 Å². The molecule has 0 atom stereocenters. The molecule has 3 aromatic heterocycles. The first kappa shape index (κ1) is 22.9. The lowest BCUT2D eigenvalue weighted by molar-refractivity contribution is -0.115. The molecule has 0 unspecified atom stereocenters. The van der Waals surface area contributed by atoms with Gasteiger partial charge in [0.25, 0.3) is 5.91 Å². The third-order valence-corrected chi connectivity index (χ3v) is 4.95. The predicted octanol–water partition coefficient (Wildman–Crippen LogP) is 3.40. The van der Waals surface area contributed by atoms with Gasteiger partial charge in [-0.05, 0) is 49.5 Å². The zero-order chi connectivity index (χ0) is 22.8. The maximum absolute atomic E-state index is 12.1. The smallest absolute Gasteiger partial charge is 0.253 e. The Labute approximate surface area is 190 Å². The number of H-pyrrole nitrogens is 1. The van der Waals surface area contributed by atoms with Crippen molar-refractivity contribution in [3.8, 4) is 22.4 Å². The average Bonchev–Trinajstić information content (AvgIpc) is 3.51. The topological polar surface area (TPSA) is 112 Å². The number of carbonyl (C=O) groups is 2. The van der Waals surface area contributed by atoms with Crippen LogP contribution in [0.5, 0.6) is 0 Å². The second-order valence-electron chi connectivity index (χ2n) is 6.69. The molecule has 0 saturated carbocycles. The van der Waals surface area contributed by atoms with Gasteiger partial charge in [0.15, 0.2) is 5.13 Å². The minimum absolute atomic E-state index is 0.129. The maximum Gasteiger partial charge on any atom is 0.253 e. The Morgan fingerprint density at radius 2 is 1.78 bits per heavy atom. The summed E-state index contributed by atoms with van der Waals surface area (Å²) in [7, 11) is 3.75. The molecule has 4 rings (SSSR count). The van der Waals surface area contributed by atoms with Gasteiger partial charge < -0.3 is 20.9 Å². The number of aromatic amines is 1. The predicted molar refractivity (Wildman–Crippen MR) is 128 cm³/mol. The van der Waals surface area contributed by atoms with Gasteiger partial charge in [-0.1, -0.05) is 18.2 Å². The standard InChI is InChI=1S/C21H17N5O2S.C2H7N/c27-19(12-24-20(28)17-6-9-23-11-17)26-21-25-18(13-29-21)16-3-1-2-15(10-16)14-4-7-22-8-5-14;1-3-2/h1-11,13,23H,12H2,(H,24,28)(H,25,26,27);3H,1-2H3. The van der Waals surface area contributed by atoms with E-state index < -0.39 is 0 Å². The lowest BCUT2D eigenvalue weighted by Gasteiger charge is -2.04. The van der Waals surface area contributed by atoms with E-state index >= 15 is 0 Å². The average molecular weight is 449 g/mol. The fourth-order valence-electron chi connectivity index (χ4n) is 2.76. The van der Waals surface area contributed by atoms with Crippen molar-refractivity contribution in [1.29, 1.82) is 0 Å². The molecule has 0 saturated heterocycles. The second-order valence-corrected chi connectivity index (χ2v) is 7.54. The van der Waals surface area contributed by atoms with Gasteiger partial charge in [0.1, 0.15) is 0 Å². The monoisotopic (exact) mass is 448 g/mol. The summed E-state index contributed by atoms with van der Waals surface area (Å²) in [6.07, 6.45) is 6.73. The van der Waals surface area contributed by atoms with E-state index in [4.69, 9.17) is 0 Å². The lowest BCUT2D eigenvalue weighted by Crippen LogP contribution is -2.32. The van der Waals surface area contributed by atoms with Crippen molar-refractivity contribution in [2.45, 2.75) is 0 Å². The number of benzene rings is 1. The summed E-state index contributed by atoms with van der Waals surface area (Å²) in [5, 5.41) is 10.4. The van der Waals surface area contributed by atoms with Crippen LogP contribution in [0.1, 0.15) is 10.4 Å². The van der Waals surface area contributed by atoms with Crippen LogP contribution in [0.3, 0.4) is 0 Å². The first-order valence-electron chi connectivity index (χ1n) is 9.86. The Kier molecular flexibility index (Phi) is 8.24. The van der Waals surface area contributed by atoms with Gasteiger partial charge >= 0.3 is 0 Å². The van der Waals surface area contributed by atoms with E-state index in [-0.39, 0.29) is 18.4 Å². The van der Waals surface area contributed by atoms with E-state index in [0.717, 1.165) is 22.4 Å². The molecule has 0 fully saturated rings. The third-order valence-electron chi connectivity index (χ3n) is 4.19. The number of thiazole rings is 1. The van der Waals surface area contributed by atoms with Crippen LogP contribution in [-0.4, -0.2) is 47.4 Å². The molecule has 2 amide bonds. The van der Waals surface area contributed by atoms with Crippen molar-refractivity contribution in [1.82, 2.24) is 25.6 Å². The number of carbonyl (C=O) groups excluding carboxylic acids is 2. The summed E-state index contributed by atoms with van der Waals surface area (Å²) in [6, 6.07) is 13.6. The Hall–Kier alpha value is -3.82. The highest BCUT2D eigenvalue weighted by molar-refractivity contribution is 7.14. The molecular weight excluding hydrogens is 424 g/mol. The zero-order valence-corrected chi connectivity index (χ0v) is 18.6. The number of hydrogen-bond donors (Lipinski definition) is 4. The van der Waals surface area contributed by atoms with Crippen molar-refractivity contribution in [2.24, 2.45) is 0 Å². The van der Waals surface area contributed by atoms with Gasteiger partial charge in [-0.2, -0.15) is 0 Å². The van der Waals surface area contributed by atoms with Crippen LogP contribution in [0, 0.1) is 0 Å². The van der Waals surface area contributed by atoms with E-state index in [1.807, 2.05) is 55.9 Å². The molecule has 0 aliphatic carbocycles. The summed E-state index contributed by atoms with van der Waals surface area (Å²) in [4.78, 5) is 35.3. The molecule has 0 bridgehead atoms. The molecule has 9 heteroatoms. The fourth-order valence-corrected chi connectivity index (χ4v) is 3.49. The molecule has 0 radical (unpaired) electrons. The Bertz CT molecular complexity index is 1140. The molecule has 0 aliphatic heterocycles. The van der Waals surface area contributed by atoms with Crippen LogP contribution in [0.25, 0.3) is 22.4 Å². The van der Waals surface area contributed by atoms with Crippen LogP contribution in [0.4, 0.5) is 5.13 Å². The van der Waals surface area contributed by atoms with Gasteiger partial charge in [0.05, 0.1) is 17.8 Å². The van der Waals surface area contributed by atoms with Crippen molar-refractivity contribution in [3.63, 3.8) is 0 Å². The van der Waals surface area contributed by atoms with Gasteiger partial charge in [-0.25, -0.2) is 4.98 Å². The van der Waals surface area contributed by atoms with E-state index in [2.05, 4.69) is 30.9 Å². The summed E-state index contributed by atoms with van der Waals surface area (Å²) in [6.45, 7) is -0.129. The Morgan fingerprint density at radius 3 is 2.50 bits per heavy atom. The number of pyridine rings is 1. The number of hydrogen-bond acceptors (Lipinski definition) is 6. The normalized spacial score (nSPS) is 10.1. The molecule has 4 N–H and O–H groups in total. The molecule has 164 valence electrons. The third kappa shape index (κ3) is 6.34. The number of aromatic nitrogens is 3. The van der Waals surface area contributed by atoms with Crippen molar-refractivity contribution in [3.05, 3.63) is 78.2 Å². The summed E-state index contributed by atoms with van der Waals surface area (Å²) in [5.41, 5.74) is 4.34. The molecule has 32 heavy (non-hydrogen) atoms. The highest BCUT2D eigenvalue weighted by Gasteiger charge is 2.11. The molecule has 1 aromatic carbocycles. The lowest BCUT2D eigenvalue weighted by atomic mass is 10.0. The van der Waals surface area contributed by atoms with Gasteiger partial charge in [0, 0.05) is 35.7 Å². The first-order chi connectivity index (χ1) is 15.6. The van der Waals surface area contributed by atoms with Crippen molar-refractivity contribution in [2.75, 3.05) is 26.0 Å². The Balaban J connectivity index is 0.000000913.